The molecule has 0 aliphatic carbocycles. The first-order chi connectivity index (χ1) is 9.11. The van der Waals surface area contributed by atoms with Crippen LogP contribution >= 0.6 is 0 Å². The second-order valence-electron chi connectivity index (χ2n) is 6.48. The van der Waals surface area contributed by atoms with Crippen LogP contribution in [0, 0.1) is 5.92 Å². The van der Waals surface area contributed by atoms with Crippen LogP contribution in [0.2, 0.25) is 0 Å². The smallest absolute Gasteiger partial charge is 0.410 e. The maximum absolute atomic E-state index is 12.1. The maximum Gasteiger partial charge on any atom is 0.410 e. The highest BCUT2D eigenvalue weighted by Gasteiger charge is 2.35. The molecular formula is C15H25NO4. The van der Waals surface area contributed by atoms with Gasteiger partial charge < -0.3 is 9.64 Å². The number of carbonyl (C=O) groups is 3. The Balaban J connectivity index is 2.72. The minimum absolute atomic E-state index is 0.0809. The summed E-state index contributed by atoms with van der Waals surface area (Å²) in [7, 11) is 0. The molecular weight excluding hydrogens is 258 g/mol. The molecule has 20 heavy (non-hydrogen) atoms. The van der Waals surface area contributed by atoms with Crippen molar-refractivity contribution in [3.63, 3.8) is 0 Å². The number of carbonyl (C=O) groups excluding carboxylic acids is 3. The van der Waals surface area contributed by atoms with Crippen LogP contribution in [-0.4, -0.2) is 40.7 Å². The molecule has 0 bridgehead atoms. The van der Waals surface area contributed by atoms with Crippen LogP contribution in [0.3, 0.4) is 0 Å². The molecule has 1 fully saturated rings. The van der Waals surface area contributed by atoms with Crippen molar-refractivity contribution < 1.29 is 19.1 Å². The number of hydrogen-bond acceptors (Lipinski definition) is 4. The van der Waals surface area contributed by atoms with Crippen molar-refractivity contribution in [1.82, 2.24) is 4.90 Å². The van der Waals surface area contributed by atoms with Crippen molar-refractivity contribution in [2.75, 3.05) is 6.54 Å². The summed E-state index contributed by atoms with van der Waals surface area (Å²) in [5.74, 6) is -0.870. The Labute approximate surface area is 120 Å². The lowest BCUT2D eigenvalue weighted by atomic mass is 9.92. The Bertz CT molecular complexity index is 383. The molecule has 1 saturated heterocycles. The molecule has 1 atom stereocenters. The molecule has 114 valence electrons. The highest BCUT2D eigenvalue weighted by molar-refractivity contribution is 6.00. The van der Waals surface area contributed by atoms with Crippen LogP contribution in [0.1, 0.15) is 53.9 Å². The average Bonchev–Trinajstić information content (AvgIpc) is 2.70. The van der Waals surface area contributed by atoms with Gasteiger partial charge in [0.05, 0.1) is 5.92 Å². The van der Waals surface area contributed by atoms with E-state index >= 15 is 0 Å². The van der Waals surface area contributed by atoms with Crippen molar-refractivity contribution in [3.05, 3.63) is 0 Å². The highest BCUT2D eigenvalue weighted by Crippen LogP contribution is 2.26. The summed E-state index contributed by atoms with van der Waals surface area (Å²) in [4.78, 5) is 36.8. The molecule has 1 amide bonds. The predicted octanol–water partition coefficient (Wildman–Crippen LogP) is 2.57. The van der Waals surface area contributed by atoms with Gasteiger partial charge in [-0.25, -0.2) is 4.79 Å². The molecule has 1 aliphatic heterocycles. The summed E-state index contributed by atoms with van der Waals surface area (Å²) in [6.07, 6.45) is 1.75. The summed E-state index contributed by atoms with van der Waals surface area (Å²) in [6, 6.07) is -0.0809. The van der Waals surface area contributed by atoms with Crippen LogP contribution in [0.4, 0.5) is 4.79 Å². The molecule has 5 nitrogen and oxygen atoms in total. The Morgan fingerprint density at radius 3 is 2.20 bits per heavy atom. The lowest BCUT2D eigenvalue weighted by Crippen LogP contribution is -2.41. The fraction of sp³-hybridized carbons (Fsp3) is 0.800. The van der Waals surface area contributed by atoms with Gasteiger partial charge in [-0.1, -0.05) is 0 Å². The first-order valence-corrected chi connectivity index (χ1v) is 7.12. The SMILES string of the molecule is CC(=O)C(CC1CCCN1C(=O)OC(C)(C)C)C(C)=O. The monoisotopic (exact) mass is 283 g/mol. The van der Waals surface area contributed by atoms with E-state index in [2.05, 4.69) is 0 Å². The standard InChI is InChI=1S/C15H25NO4/c1-10(17)13(11(2)18)9-12-7-6-8-16(12)14(19)20-15(3,4)5/h12-13H,6-9H2,1-5H3. The average molecular weight is 283 g/mol. The third kappa shape index (κ3) is 4.62. The number of ether oxygens (including phenoxy) is 1. The van der Waals surface area contributed by atoms with Crippen molar-refractivity contribution in [3.8, 4) is 0 Å². The molecule has 1 unspecified atom stereocenters. The first kappa shape index (κ1) is 16.7. The zero-order valence-corrected chi connectivity index (χ0v) is 13.1. The number of amides is 1. The van der Waals surface area contributed by atoms with E-state index in [9.17, 15) is 14.4 Å². The van der Waals surface area contributed by atoms with Gasteiger partial charge in [-0.3, -0.25) is 9.59 Å². The van der Waals surface area contributed by atoms with Crippen molar-refractivity contribution >= 4 is 17.7 Å². The fourth-order valence-electron chi connectivity index (χ4n) is 2.53. The molecule has 5 heteroatoms. The lowest BCUT2D eigenvalue weighted by Gasteiger charge is -2.29. The van der Waals surface area contributed by atoms with Crippen LogP contribution in [0.15, 0.2) is 0 Å². The fourth-order valence-corrected chi connectivity index (χ4v) is 2.53. The van der Waals surface area contributed by atoms with Crippen molar-refractivity contribution in [2.45, 2.75) is 65.5 Å². The van der Waals surface area contributed by atoms with Gasteiger partial charge in [-0.05, 0) is 53.9 Å². The van der Waals surface area contributed by atoms with Gasteiger partial charge in [-0.2, -0.15) is 0 Å². The molecule has 0 aromatic carbocycles. The van der Waals surface area contributed by atoms with Crippen LogP contribution in [-0.2, 0) is 14.3 Å². The molecule has 1 rings (SSSR count). The van der Waals surface area contributed by atoms with Gasteiger partial charge in [0.2, 0.25) is 0 Å². The number of hydrogen-bond donors (Lipinski definition) is 0. The first-order valence-electron chi connectivity index (χ1n) is 7.12. The molecule has 0 aromatic heterocycles. The third-order valence-electron chi connectivity index (χ3n) is 3.49. The Kier molecular flexibility index (Phi) is 5.31. The summed E-state index contributed by atoms with van der Waals surface area (Å²) in [6.45, 7) is 8.96. The number of ketones is 2. The van der Waals surface area contributed by atoms with Gasteiger partial charge in [-0.15, -0.1) is 0 Å². The zero-order valence-electron chi connectivity index (χ0n) is 13.1. The topological polar surface area (TPSA) is 63.7 Å². The van der Waals surface area contributed by atoms with E-state index in [-0.39, 0.29) is 23.7 Å². The molecule has 1 aliphatic rings. The van der Waals surface area contributed by atoms with Gasteiger partial charge >= 0.3 is 6.09 Å². The molecule has 0 spiro atoms. The Morgan fingerprint density at radius 2 is 1.75 bits per heavy atom. The number of rotatable bonds is 4. The summed E-state index contributed by atoms with van der Waals surface area (Å²) in [5, 5.41) is 0. The van der Waals surface area contributed by atoms with Gasteiger partial charge in [0.15, 0.2) is 0 Å². The number of likely N-dealkylation sites (tertiary alicyclic amines) is 1. The molecule has 0 saturated carbocycles. The molecule has 0 radical (unpaired) electrons. The van der Waals surface area contributed by atoms with E-state index in [1.165, 1.54) is 13.8 Å². The third-order valence-corrected chi connectivity index (χ3v) is 3.49. The van der Waals surface area contributed by atoms with Crippen LogP contribution < -0.4 is 0 Å². The van der Waals surface area contributed by atoms with E-state index in [4.69, 9.17) is 4.74 Å². The number of nitrogens with zero attached hydrogens (tertiary/aromatic N) is 1. The van der Waals surface area contributed by atoms with E-state index in [1.54, 1.807) is 4.90 Å². The van der Waals surface area contributed by atoms with Gasteiger partial charge in [0.25, 0.3) is 0 Å². The summed E-state index contributed by atoms with van der Waals surface area (Å²) in [5.41, 5.74) is -0.537. The van der Waals surface area contributed by atoms with Gasteiger partial charge in [0.1, 0.15) is 17.2 Å². The Morgan fingerprint density at radius 1 is 1.20 bits per heavy atom. The van der Waals surface area contributed by atoms with E-state index < -0.39 is 11.5 Å². The van der Waals surface area contributed by atoms with Crippen molar-refractivity contribution in [2.24, 2.45) is 5.92 Å². The predicted molar refractivity (Wildman–Crippen MR) is 75.4 cm³/mol. The molecule has 1 heterocycles. The summed E-state index contributed by atoms with van der Waals surface area (Å²) >= 11 is 0. The normalized spacial score (nSPS) is 19.3. The zero-order chi connectivity index (χ0) is 15.5. The quantitative estimate of drug-likeness (QED) is 0.744. The van der Waals surface area contributed by atoms with E-state index in [0.29, 0.717) is 13.0 Å². The largest absolute Gasteiger partial charge is 0.444 e. The Hall–Kier alpha value is -1.39. The minimum Gasteiger partial charge on any atom is -0.444 e. The van der Waals surface area contributed by atoms with Crippen LogP contribution in [0.5, 0.6) is 0 Å². The maximum atomic E-state index is 12.1. The van der Waals surface area contributed by atoms with Crippen LogP contribution in [0.25, 0.3) is 0 Å². The van der Waals surface area contributed by atoms with Gasteiger partial charge in [0, 0.05) is 12.6 Å². The second-order valence-corrected chi connectivity index (χ2v) is 6.48. The minimum atomic E-state index is -0.608. The highest BCUT2D eigenvalue weighted by atomic mass is 16.6. The van der Waals surface area contributed by atoms with E-state index in [0.717, 1.165) is 12.8 Å². The molecule has 0 N–H and O–H groups in total. The molecule has 0 aromatic rings. The van der Waals surface area contributed by atoms with Crippen molar-refractivity contribution in [1.29, 1.82) is 0 Å². The van der Waals surface area contributed by atoms with E-state index in [1.807, 2.05) is 20.8 Å². The summed E-state index contributed by atoms with van der Waals surface area (Å²) < 4.78 is 5.37. The second kappa shape index (κ2) is 6.37. The number of Topliss-reactive ketones (excluding diaryl/α,β-unsaturated/α-hetero) is 2. The lowest BCUT2D eigenvalue weighted by molar-refractivity contribution is -0.131.